The molecule has 2 aromatic carbocycles. The lowest BCUT2D eigenvalue weighted by molar-refractivity contribution is -0.136. The minimum absolute atomic E-state index is 0.128. The normalized spacial score (nSPS) is 19.3. The van der Waals surface area contributed by atoms with Gasteiger partial charge in [-0.25, -0.2) is 4.79 Å². The Labute approximate surface area is 216 Å². The lowest BCUT2D eigenvalue weighted by Gasteiger charge is -2.43. The summed E-state index contributed by atoms with van der Waals surface area (Å²) in [6, 6.07) is 10.2. The molecule has 0 aliphatic carbocycles. The van der Waals surface area contributed by atoms with Crippen molar-refractivity contribution in [3.63, 3.8) is 0 Å². The SMILES string of the molecule is CCOC(=O)N1CCN(C(=O)[C@H]2c3cc(OC)c(OC)cc3C(=O)N(C)[C@H]2c2ccc(OC)cc2)CC1. The molecule has 37 heavy (non-hydrogen) atoms. The van der Waals surface area contributed by atoms with Crippen LogP contribution in [0.1, 0.15) is 40.4 Å². The van der Waals surface area contributed by atoms with E-state index < -0.39 is 12.0 Å². The number of benzene rings is 2. The molecule has 0 unspecified atom stereocenters. The van der Waals surface area contributed by atoms with Crippen molar-refractivity contribution in [2.24, 2.45) is 0 Å². The van der Waals surface area contributed by atoms with Gasteiger partial charge in [-0.15, -0.1) is 0 Å². The van der Waals surface area contributed by atoms with Crippen molar-refractivity contribution in [3.8, 4) is 17.2 Å². The fourth-order valence-corrected chi connectivity index (χ4v) is 5.05. The largest absolute Gasteiger partial charge is 0.497 e. The highest BCUT2D eigenvalue weighted by Crippen LogP contribution is 2.46. The van der Waals surface area contributed by atoms with E-state index >= 15 is 0 Å². The summed E-state index contributed by atoms with van der Waals surface area (Å²) in [5.41, 5.74) is 1.79. The second-order valence-corrected chi connectivity index (χ2v) is 8.92. The highest BCUT2D eigenvalue weighted by molar-refractivity contribution is 6.02. The van der Waals surface area contributed by atoms with Crippen molar-refractivity contribution < 1.29 is 33.3 Å². The lowest BCUT2D eigenvalue weighted by atomic mass is 9.78. The molecule has 0 spiro atoms. The Bertz CT molecular complexity index is 1160. The topological polar surface area (TPSA) is 97.8 Å². The second-order valence-electron chi connectivity index (χ2n) is 8.92. The molecular weight excluding hydrogens is 478 g/mol. The molecule has 10 nitrogen and oxygen atoms in total. The summed E-state index contributed by atoms with van der Waals surface area (Å²) in [5.74, 6) is 0.501. The predicted molar refractivity (Wildman–Crippen MR) is 135 cm³/mol. The van der Waals surface area contributed by atoms with E-state index in [0.29, 0.717) is 61.2 Å². The van der Waals surface area contributed by atoms with E-state index in [1.54, 1.807) is 47.9 Å². The quantitative estimate of drug-likeness (QED) is 0.588. The molecule has 0 N–H and O–H groups in total. The number of ether oxygens (including phenoxy) is 4. The minimum atomic E-state index is -0.694. The first-order valence-corrected chi connectivity index (χ1v) is 12.2. The van der Waals surface area contributed by atoms with Crippen molar-refractivity contribution in [2.75, 3.05) is 61.2 Å². The van der Waals surface area contributed by atoms with Gasteiger partial charge in [0.15, 0.2) is 11.5 Å². The smallest absolute Gasteiger partial charge is 0.409 e. The van der Waals surface area contributed by atoms with Crippen LogP contribution < -0.4 is 14.2 Å². The summed E-state index contributed by atoms with van der Waals surface area (Å²) in [4.78, 5) is 44.8. The van der Waals surface area contributed by atoms with Gasteiger partial charge in [-0.3, -0.25) is 9.59 Å². The maximum atomic E-state index is 14.2. The summed E-state index contributed by atoms with van der Waals surface area (Å²) in [5, 5.41) is 0. The molecule has 2 aliphatic rings. The van der Waals surface area contributed by atoms with Crippen molar-refractivity contribution in [3.05, 3.63) is 53.1 Å². The molecule has 0 bridgehead atoms. The molecule has 2 heterocycles. The Morgan fingerprint density at radius 2 is 1.49 bits per heavy atom. The van der Waals surface area contributed by atoms with E-state index in [0.717, 1.165) is 5.56 Å². The van der Waals surface area contributed by atoms with Crippen molar-refractivity contribution >= 4 is 17.9 Å². The van der Waals surface area contributed by atoms with Crippen LogP contribution in [0.4, 0.5) is 4.79 Å². The second kappa shape index (κ2) is 11.0. The standard InChI is InChI=1S/C27H33N3O7/c1-6-37-27(33)30-13-11-29(12-14-30)26(32)23-19-15-21(35-4)22(36-5)16-20(19)25(31)28(2)24(23)17-7-9-18(34-3)10-8-17/h7-10,15-16,23-24H,6,11-14H2,1-5H3/t23-,24-/m0/s1. The number of likely N-dealkylation sites (N-methyl/N-ethyl adjacent to an activating group) is 1. The third-order valence-electron chi connectivity index (χ3n) is 7.02. The number of amides is 3. The van der Waals surface area contributed by atoms with Gasteiger partial charge in [0.25, 0.3) is 5.91 Å². The first-order valence-electron chi connectivity index (χ1n) is 12.2. The molecule has 2 aromatic rings. The van der Waals surface area contributed by atoms with Crippen LogP contribution in [0, 0.1) is 0 Å². The average molecular weight is 512 g/mol. The zero-order valence-electron chi connectivity index (χ0n) is 21.9. The van der Waals surface area contributed by atoms with Crippen LogP contribution in [0.25, 0.3) is 0 Å². The molecule has 0 radical (unpaired) electrons. The number of rotatable bonds is 6. The van der Waals surface area contributed by atoms with E-state index in [-0.39, 0.29) is 17.9 Å². The van der Waals surface area contributed by atoms with Gasteiger partial charge in [-0.05, 0) is 42.3 Å². The first-order chi connectivity index (χ1) is 17.8. The van der Waals surface area contributed by atoms with Crippen LogP contribution in [0.2, 0.25) is 0 Å². The summed E-state index contributed by atoms with van der Waals surface area (Å²) >= 11 is 0. The van der Waals surface area contributed by atoms with Gasteiger partial charge in [0.05, 0.1) is 39.9 Å². The number of piperazine rings is 1. The predicted octanol–water partition coefficient (Wildman–Crippen LogP) is 2.92. The van der Waals surface area contributed by atoms with Crippen LogP contribution in [-0.2, 0) is 9.53 Å². The highest BCUT2D eigenvalue weighted by Gasteiger charge is 2.45. The molecule has 4 rings (SSSR count). The van der Waals surface area contributed by atoms with Crippen molar-refractivity contribution in [2.45, 2.75) is 18.9 Å². The average Bonchev–Trinajstić information content (AvgIpc) is 2.94. The zero-order valence-corrected chi connectivity index (χ0v) is 21.9. The van der Waals surface area contributed by atoms with Gasteiger partial charge >= 0.3 is 6.09 Å². The summed E-state index contributed by atoms with van der Waals surface area (Å²) in [7, 11) is 6.32. The molecule has 10 heteroatoms. The Morgan fingerprint density at radius 3 is 2.05 bits per heavy atom. The number of hydrogen-bond acceptors (Lipinski definition) is 7. The van der Waals surface area contributed by atoms with E-state index in [2.05, 4.69) is 0 Å². The first kappa shape index (κ1) is 26.1. The van der Waals surface area contributed by atoms with Crippen LogP contribution in [-0.4, -0.2) is 93.8 Å². The Morgan fingerprint density at radius 1 is 0.892 bits per heavy atom. The molecule has 2 atom stereocenters. The van der Waals surface area contributed by atoms with Gasteiger partial charge in [0.1, 0.15) is 5.75 Å². The molecule has 1 saturated heterocycles. The number of nitrogens with zero attached hydrogens (tertiary/aromatic N) is 3. The monoisotopic (exact) mass is 511 g/mol. The Balaban J connectivity index is 1.76. The van der Waals surface area contributed by atoms with Gasteiger partial charge in [0, 0.05) is 38.8 Å². The Kier molecular flexibility index (Phi) is 7.75. The van der Waals surface area contributed by atoms with E-state index in [1.165, 1.54) is 14.2 Å². The molecule has 0 saturated carbocycles. The summed E-state index contributed by atoms with van der Waals surface area (Å²) in [6.07, 6.45) is -0.379. The van der Waals surface area contributed by atoms with Gasteiger partial charge in [-0.2, -0.15) is 0 Å². The van der Waals surface area contributed by atoms with Gasteiger partial charge in [-0.1, -0.05) is 12.1 Å². The molecule has 2 aliphatic heterocycles. The van der Waals surface area contributed by atoms with Crippen LogP contribution in [0.3, 0.4) is 0 Å². The third kappa shape index (κ3) is 4.87. The van der Waals surface area contributed by atoms with Crippen LogP contribution >= 0.6 is 0 Å². The van der Waals surface area contributed by atoms with E-state index in [1.807, 2.05) is 24.3 Å². The maximum absolute atomic E-state index is 14.2. The third-order valence-corrected chi connectivity index (χ3v) is 7.02. The maximum Gasteiger partial charge on any atom is 0.409 e. The van der Waals surface area contributed by atoms with E-state index in [4.69, 9.17) is 18.9 Å². The van der Waals surface area contributed by atoms with Crippen molar-refractivity contribution in [1.82, 2.24) is 14.7 Å². The lowest BCUT2D eigenvalue weighted by Crippen LogP contribution is -2.54. The van der Waals surface area contributed by atoms with Crippen LogP contribution in [0.5, 0.6) is 17.2 Å². The number of hydrogen-bond donors (Lipinski definition) is 0. The van der Waals surface area contributed by atoms with Crippen LogP contribution in [0.15, 0.2) is 36.4 Å². The number of carbonyl (C=O) groups is 3. The molecule has 1 fully saturated rings. The molecule has 198 valence electrons. The summed E-state index contributed by atoms with van der Waals surface area (Å²) in [6.45, 7) is 3.54. The van der Waals surface area contributed by atoms with Crippen molar-refractivity contribution in [1.29, 1.82) is 0 Å². The number of methoxy groups -OCH3 is 3. The minimum Gasteiger partial charge on any atom is -0.497 e. The van der Waals surface area contributed by atoms with Gasteiger partial charge in [0.2, 0.25) is 5.91 Å². The number of fused-ring (bicyclic) bond motifs is 1. The Hall–Kier alpha value is -3.95. The fourth-order valence-electron chi connectivity index (χ4n) is 5.05. The zero-order chi connectivity index (χ0) is 26.7. The number of carbonyl (C=O) groups excluding carboxylic acids is 3. The highest BCUT2D eigenvalue weighted by atomic mass is 16.6. The fraction of sp³-hybridized carbons (Fsp3) is 0.444. The summed E-state index contributed by atoms with van der Waals surface area (Å²) < 4.78 is 21.4. The molecule has 0 aromatic heterocycles. The molecule has 3 amide bonds. The van der Waals surface area contributed by atoms with Gasteiger partial charge < -0.3 is 33.6 Å². The molecular formula is C27H33N3O7. The van der Waals surface area contributed by atoms with E-state index in [9.17, 15) is 14.4 Å².